The van der Waals surface area contributed by atoms with Crippen molar-refractivity contribution >= 4 is 11.3 Å². The molecule has 0 radical (unpaired) electrons. The number of fused-ring (bicyclic) bond motifs is 2. The van der Waals surface area contributed by atoms with Gasteiger partial charge in [-0.25, -0.2) is 0 Å². The molecule has 0 saturated heterocycles. The van der Waals surface area contributed by atoms with E-state index in [9.17, 15) is 0 Å². The highest BCUT2D eigenvalue weighted by Gasteiger charge is 2.22. The van der Waals surface area contributed by atoms with Crippen molar-refractivity contribution in [3.05, 3.63) is 89.1 Å². The summed E-state index contributed by atoms with van der Waals surface area (Å²) in [7, 11) is 0. The monoisotopic (exact) mass is 259 g/mol. The predicted octanol–water partition coefficient (Wildman–Crippen LogP) is 1.91. The molecular weight excluding hydrogens is 246 g/mol. The van der Waals surface area contributed by atoms with E-state index in [4.69, 9.17) is 4.74 Å². The lowest BCUT2D eigenvalue weighted by atomic mass is 9.97. The molecule has 4 rings (SSSR count). The molecule has 0 spiro atoms. The molecule has 1 atom stereocenters. The molecule has 1 aromatic heterocycles. The van der Waals surface area contributed by atoms with Gasteiger partial charge in [0.05, 0.1) is 0 Å². The summed E-state index contributed by atoms with van der Waals surface area (Å²) < 4.78 is 6.18. The maximum absolute atomic E-state index is 6.18. The molecule has 1 aliphatic heterocycles. The summed E-state index contributed by atoms with van der Waals surface area (Å²) in [4.78, 5) is 4.43. The van der Waals surface area contributed by atoms with Crippen molar-refractivity contribution in [3.8, 4) is 0 Å². The van der Waals surface area contributed by atoms with Gasteiger partial charge in [0.15, 0.2) is 5.76 Å². The third-order valence-electron chi connectivity index (χ3n) is 3.60. The molecule has 0 N–H and O–H groups in total. The Kier molecular flexibility index (Phi) is 2.52. The highest BCUT2D eigenvalue weighted by molar-refractivity contribution is 5.71. The first-order valence-electron chi connectivity index (χ1n) is 6.70. The van der Waals surface area contributed by atoms with Crippen molar-refractivity contribution < 1.29 is 4.74 Å². The summed E-state index contributed by atoms with van der Waals surface area (Å²) in [6.45, 7) is 0. The highest BCUT2D eigenvalue weighted by atomic mass is 16.5. The molecule has 2 nitrogen and oxygen atoms in total. The number of hydrogen-bond acceptors (Lipinski definition) is 2. The van der Waals surface area contributed by atoms with Crippen molar-refractivity contribution in [2.75, 3.05) is 0 Å². The number of rotatable bonds is 1. The molecule has 0 bridgehead atoms. The third kappa shape index (κ3) is 1.69. The van der Waals surface area contributed by atoms with E-state index in [1.54, 1.807) is 6.20 Å². The van der Waals surface area contributed by atoms with Crippen LogP contribution in [-0.4, -0.2) is 11.1 Å². The first-order chi connectivity index (χ1) is 9.93. The van der Waals surface area contributed by atoms with Crippen molar-refractivity contribution in [1.29, 1.82) is 0 Å². The first-order valence-corrected chi connectivity index (χ1v) is 6.70. The second-order valence-corrected chi connectivity index (χ2v) is 4.83. The minimum Gasteiger partial charge on any atom is -0.479 e. The molecule has 0 fully saturated rings. The molecule has 96 valence electrons. The van der Waals surface area contributed by atoms with Crippen LogP contribution in [0.25, 0.3) is 11.3 Å². The van der Waals surface area contributed by atoms with Crippen molar-refractivity contribution in [1.82, 2.24) is 4.98 Å². The fourth-order valence-electron chi connectivity index (χ4n) is 2.69. The Balaban J connectivity index is 2.09. The SMILES string of the molecule is C1=CC2=c3ccccc3=C(c3ccccn3)OC2C=C1. The second-order valence-electron chi connectivity index (χ2n) is 4.83. The number of pyridine rings is 1. The molecule has 1 unspecified atom stereocenters. The molecular formula is C18H13NO. The molecule has 0 amide bonds. The third-order valence-corrected chi connectivity index (χ3v) is 3.60. The van der Waals surface area contributed by atoms with Gasteiger partial charge in [-0.05, 0) is 23.4 Å². The van der Waals surface area contributed by atoms with E-state index in [1.807, 2.05) is 30.3 Å². The van der Waals surface area contributed by atoms with Gasteiger partial charge in [-0.15, -0.1) is 0 Å². The van der Waals surface area contributed by atoms with Crippen LogP contribution in [0.1, 0.15) is 5.69 Å². The molecule has 2 heterocycles. The van der Waals surface area contributed by atoms with Crippen LogP contribution in [0.5, 0.6) is 0 Å². The molecule has 2 heteroatoms. The molecule has 2 aliphatic rings. The van der Waals surface area contributed by atoms with Gasteiger partial charge in [-0.2, -0.15) is 0 Å². The van der Waals surface area contributed by atoms with Crippen LogP contribution in [0.2, 0.25) is 0 Å². The van der Waals surface area contributed by atoms with Gasteiger partial charge in [0.1, 0.15) is 11.8 Å². The Bertz CT molecular complexity index is 831. The quantitative estimate of drug-likeness (QED) is 0.780. The zero-order valence-electron chi connectivity index (χ0n) is 10.9. The number of nitrogens with zero attached hydrogens (tertiary/aromatic N) is 1. The average molecular weight is 259 g/mol. The Hall–Kier alpha value is -2.61. The minimum absolute atomic E-state index is 0.0214. The highest BCUT2D eigenvalue weighted by Crippen LogP contribution is 2.23. The summed E-state index contributed by atoms with van der Waals surface area (Å²) >= 11 is 0. The van der Waals surface area contributed by atoms with E-state index in [0.717, 1.165) is 16.7 Å². The molecule has 1 aromatic carbocycles. The van der Waals surface area contributed by atoms with Crippen LogP contribution < -0.4 is 10.4 Å². The summed E-state index contributed by atoms with van der Waals surface area (Å²) in [5.41, 5.74) is 2.09. The van der Waals surface area contributed by atoms with E-state index in [-0.39, 0.29) is 6.10 Å². The van der Waals surface area contributed by atoms with Gasteiger partial charge >= 0.3 is 0 Å². The van der Waals surface area contributed by atoms with Crippen molar-refractivity contribution in [2.45, 2.75) is 6.10 Å². The standard InChI is InChI=1S/C18H13NO/c1-2-9-15-13(7-1)14-8-3-4-11-17(14)20-18(15)16-10-5-6-12-19-16/h1-12,17H. The Labute approximate surface area is 117 Å². The van der Waals surface area contributed by atoms with Gasteiger partial charge in [0.25, 0.3) is 0 Å². The molecule has 20 heavy (non-hydrogen) atoms. The summed E-state index contributed by atoms with van der Waals surface area (Å²) in [6, 6.07) is 14.2. The largest absolute Gasteiger partial charge is 0.479 e. The second kappa shape index (κ2) is 4.49. The van der Waals surface area contributed by atoms with Crippen LogP contribution in [0.4, 0.5) is 0 Å². The molecule has 1 aliphatic carbocycles. The fourth-order valence-corrected chi connectivity index (χ4v) is 2.69. The predicted molar refractivity (Wildman–Crippen MR) is 79.0 cm³/mol. The normalized spacial score (nSPS) is 19.3. The number of allylic oxidation sites excluding steroid dienone is 2. The zero-order chi connectivity index (χ0) is 13.4. The average Bonchev–Trinajstić information content (AvgIpc) is 2.55. The van der Waals surface area contributed by atoms with Crippen molar-refractivity contribution in [2.24, 2.45) is 0 Å². The summed E-state index contributed by atoms with van der Waals surface area (Å²) in [6.07, 6.45) is 10.1. The topological polar surface area (TPSA) is 22.1 Å². The van der Waals surface area contributed by atoms with Gasteiger partial charge < -0.3 is 4.74 Å². The van der Waals surface area contributed by atoms with E-state index in [0.29, 0.717) is 0 Å². The Morgan fingerprint density at radius 3 is 2.60 bits per heavy atom. The Morgan fingerprint density at radius 2 is 1.75 bits per heavy atom. The van der Waals surface area contributed by atoms with Gasteiger partial charge in [-0.1, -0.05) is 48.6 Å². The lowest BCUT2D eigenvalue weighted by molar-refractivity contribution is 0.255. The summed E-state index contributed by atoms with van der Waals surface area (Å²) in [5.74, 6) is 0.856. The molecule has 0 saturated carbocycles. The van der Waals surface area contributed by atoms with Crippen molar-refractivity contribution in [3.63, 3.8) is 0 Å². The van der Waals surface area contributed by atoms with Gasteiger partial charge in [-0.3, -0.25) is 4.98 Å². The van der Waals surface area contributed by atoms with Gasteiger partial charge in [0.2, 0.25) is 0 Å². The van der Waals surface area contributed by atoms with Crippen LogP contribution in [0, 0.1) is 0 Å². The maximum Gasteiger partial charge on any atom is 0.154 e. The Morgan fingerprint density at radius 1 is 0.900 bits per heavy atom. The van der Waals surface area contributed by atoms with E-state index in [1.165, 1.54) is 10.8 Å². The molecule has 2 aromatic rings. The maximum atomic E-state index is 6.18. The number of benzene rings is 1. The minimum atomic E-state index is -0.0214. The first kappa shape index (κ1) is 11.2. The van der Waals surface area contributed by atoms with E-state index < -0.39 is 0 Å². The zero-order valence-corrected chi connectivity index (χ0v) is 10.9. The number of ether oxygens (including phenoxy) is 1. The van der Waals surface area contributed by atoms with Crippen LogP contribution in [-0.2, 0) is 4.74 Å². The lowest BCUT2D eigenvalue weighted by Crippen LogP contribution is -2.38. The number of hydrogen-bond donors (Lipinski definition) is 0. The van der Waals surface area contributed by atoms with E-state index in [2.05, 4.69) is 41.4 Å². The summed E-state index contributed by atoms with van der Waals surface area (Å²) in [5, 5.41) is 2.34. The smallest absolute Gasteiger partial charge is 0.154 e. The lowest BCUT2D eigenvalue weighted by Gasteiger charge is -2.25. The van der Waals surface area contributed by atoms with E-state index >= 15 is 0 Å². The van der Waals surface area contributed by atoms with Crippen LogP contribution in [0.15, 0.2) is 73.0 Å². The fraction of sp³-hybridized carbons (Fsp3) is 0.0556. The number of aromatic nitrogens is 1. The van der Waals surface area contributed by atoms with Crippen LogP contribution >= 0.6 is 0 Å². The van der Waals surface area contributed by atoms with Gasteiger partial charge in [0, 0.05) is 17.0 Å². The van der Waals surface area contributed by atoms with Crippen LogP contribution in [0.3, 0.4) is 0 Å².